The number of carboxylic acid groups (broad SMARTS) is 1. The molecule has 19 heavy (non-hydrogen) atoms. The second kappa shape index (κ2) is 5.30. The normalized spacial score (nSPS) is 14.9. The van der Waals surface area contributed by atoms with Crippen LogP contribution in [0.15, 0.2) is 18.2 Å². The smallest absolute Gasteiger partial charge is 0.306 e. The predicted octanol–water partition coefficient (Wildman–Crippen LogP) is 1.65. The third-order valence-electron chi connectivity index (χ3n) is 3.39. The number of nitrogens with zero attached hydrogens (tertiary/aromatic N) is 1. The Balaban J connectivity index is 2.03. The van der Waals surface area contributed by atoms with Crippen LogP contribution in [0.1, 0.15) is 24.5 Å². The number of carbonyl (C=O) groups is 2. The van der Waals surface area contributed by atoms with E-state index in [4.69, 9.17) is 9.84 Å². The molecule has 1 aromatic rings. The van der Waals surface area contributed by atoms with Crippen LogP contribution in [-0.4, -0.2) is 29.0 Å². The summed E-state index contributed by atoms with van der Waals surface area (Å²) in [6.07, 6.45) is 0.0421. The number of hydrogen-bond acceptors (Lipinski definition) is 3. The first-order valence-electron chi connectivity index (χ1n) is 6.17. The first-order chi connectivity index (χ1) is 9.01. The molecule has 1 aromatic carbocycles. The summed E-state index contributed by atoms with van der Waals surface area (Å²) in [7, 11) is 1.61. The molecule has 0 radical (unpaired) electrons. The molecule has 1 N–H and O–H groups in total. The average molecular weight is 263 g/mol. The zero-order chi connectivity index (χ0) is 14.0. The molecule has 0 spiro atoms. The summed E-state index contributed by atoms with van der Waals surface area (Å²) in [5, 5.41) is 8.83. The lowest BCUT2D eigenvalue weighted by atomic mass is 10.1. The van der Waals surface area contributed by atoms with E-state index in [9.17, 15) is 9.59 Å². The van der Waals surface area contributed by atoms with Crippen molar-refractivity contribution in [3.63, 3.8) is 0 Å². The van der Waals surface area contributed by atoms with E-state index in [0.29, 0.717) is 13.1 Å². The monoisotopic (exact) mass is 263 g/mol. The molecular formula is C14H17NO4. The van der Waals surface area contributed by atoms with Crippen molar-refractivity contribution in [1.29, 1.82) is 0 Å². The van der Waals surface area contributed by atoms with Crippen molar-refractivity contribution < 1.29 is 19.4 Å². The Morgan fingerprint density at radius 3 is 2.68 bits per heavy atom. The fourth-order valence-corrected chi connectivity index (χ4v) is 2.15. The number of fused-ring (bicyclic) bond motifs is 1. The zero-order valence-electron chi connectivity index (χ0n) is 11.0. The van der Waals surface area contributed by atoms with Crippen LogP contribution in [-0.2, 0) is 22.7 Å². The SMILES string of the molecule is COc1ccc2c(c1)CN(C(=O)C[C@H](C)C(=O)O)C2. The fourth-order valence-electron chi connectivity index (χ4n) is 2.15. The maximum atomic E-state index is 12.0. The molecule has 1 aliphatic rings. The lowest BCUT2D eigenvalue weighted by Gasteiger charge is -2.16. The van der Waals surface area contributed by atoms with E-state index < -0.39 is 11.9 Å². The van der Waals surface area contributed by atoms with Gasteiger partial charge in [0.1, 0.15) is 5.75 Å². The molecule has 2 rings (SSSR count). The van der Waals surface area contributed by atoms with E-state index in [1.54, 1.807) is 18.9 Å². The maximum absolute atomic E-state index is 12.0. The Labute approximate surface area is 111 Å². The lowest BCUT2D eigenvalue weighted by molar-refractivity contribution is -0.145. The van der Waals surface area contributed by atoms with Crippen LogP contribution in [0.4, 0.5) is 0 Å². The van der Waals surface area contributed by atoms with Gasteiger partial charge >= 0.3 is 5.97 Å². The van der Waals surface area contributed by atoms with Crippen molar-refractivity contribution in [3.8, 4) is 5.75 Å². The van der Waals surface area contributed by atoms with Gasteiger partial charge in [-0.2, -0.15) is 0 Å². The number of aliphatic carboxylic acids is 1. The van der Waals surface area contributed by atoms with E-state index in [1.165, 1.54) is 0 Å². The molecule has 5 nitrogen and oxygen atoms in total. The van der Waals surface area contributed by atoms with Gasteiger partial charge in [-0.3, -0.25) is 9.59 Å². The molecule has 102 valence electrons. The molecule has 1 atom stereocenters. The molecule has 0 bridgehead atoms. The van der Waals surface area contributed by atoms with E-state index in [0.717, 1.165) is 16.9 Å². The van der Waals surface area contributed by atoms with Gasteiger partial charge in [-0.25, -0.2) is 0 Å². The van der Waals surface area contributed by atoms with Crippen molar-refractivity contribution in [2.24, 2.45) is 5.92 Å². The largest absolute Gasteiger partial charge is 0.497 e. The van der Waals surface area contributed by atoms with Gasteiger partial charge in [0.25, 0.3) is 0 Å². The van der Waals surface area contributed by atoms with Crippen LogP contribution in [0.25, 0.3) is 0 Å². The van der Waals surface area contributed by atoms with Gasteiger partial charge in [-0.1, -0.05) is 13.0 Å². The number of methoxy groups -OCH3 is 1. The molecule has 0 saturated carbocycles. The Morgan fingerprint density at radius 2 is 2.05 bits per heavy atom. The molecule has 1 heterocycles. The summed E-state index contributed by atoms with van der Waals surface area (Å²) in [4.78, 5) is 24.5. The first-order valence-corrected chi connectivity index (χ1v) is 6.17. The minimum atomic E-state index is -0.938. The number of carbonyl (C=O) groups excluding carboxylic acids is 1. The lowest BCUT2D eigenvalue weighted by Crippen LogP contribution is -2.28. The highest BCUT2D eigenvalue weighted by Crippen LogP contribution is 2.27. The summed E-state index contributed by atoms with van der Waals surface area (Å²) in [5.41, 5.74) is 2.16. The van der Waals surface area contributed by atoms with Crippen molar-refractivity contribution in [1.82, 2.24) is 4.90 Å². The highest BCUT2D eigenvalue weighted by molar-refractivity contribution is 5.82. The van der Waals surface area contributed by atoms with Crippen LogP contribution in [0, 0.1) is 5.92 Å². The maximum Gasteiger partial charge on any atom is 0.306 e. The van der Waals surface area contributed by atoms with Gasteiger partial charge in [0.2, 0.25) is 5.91 Å². The second-order valence-corrected chi connectivity index (χ2v) is 4.83. The third kappa shape index (κ3) is 2.86. The molecule has 0 aliphatic carbocycles. The van der Waals surface area contributed by atoms with Crippen LogP contribution in [0.3, 0.4) is 0 Å². The van der Waals surface area contributed by atoms with Gasteiger partial charge in [0.05, 0.1) is 13.0 Å². The first kappa shape index (κ1) is 13.4. The Morgan fingerprint density at radius 1 is 1.37 bits per heavy atom. The zero-order valence-corrected chi connectivity index (χ0v) is 11.0. The van der Waals surface area contributed by atoms with Crippen LogP contribution in [0.2, 0.25) is 0 Å². The Bertz CT molecular complexity index is 512. The van der Waals surface area contributed by atoms with E-state index >= 15 is 0 Å². The summed E-state index contributed by atoms with van der Waals surface area (Å²) in [6.45, 7) is 2.62. The standard InChI is InChI=1S/C14H17NO4/c1-9(14(17)18)5-13(16)15-7-10-3-4-12(19-2)6-11(10)8-15/h3-4,6,9H,5,7-8H2,1-2H3,(H,17,18)/t9-/m0/s1. The molecular weight excluding hydrogens is 246 g/mol. The Kier molecular flexibility index (Phi) is 3.74. The molecule has 5 heteroatoms. The minimum Gasteiger partial charge on any atom is -0.497 e. The summed E-state index contributed by atoms with van der Waals surface area (Å²) < 4.78 is 5.15. The number of hydrogen-bond donors (Lipinski definition) is 1. The van der Waals surface area contributed by atoms with Crippen molar-refractivity contribution >= 4 is 11.9 Å². The van der Waals surface area contributed by atoms with Crippen molar-refractivity contribution in [2.75, 3.05) is 7.11 Å². The third-order valence-corrected chi connectivity index (χ3v) is 3.39. The average Bonchev–Trinajstić information content (AvgIpc) is 2.81. The summed E-state index contributed by atoms with van der Waals surface area (Å²) in [6, 6.07) is 5.73. The van der Waals surface area contributed by atoms with E-state index in [-0.39, 0.29) is 12.3 Å². The molecule has 0 unspecified atom stereocenters. The van der Waals surface area contributed by atoms with E-state index in [2.05, 4.69) is 0 Å². The quantitative estimate of drug-likeness (QED) is 0.897. The van der Waals surface area contributed by atoms with Gasteiger partial charge in [0, 0.05) is 19.5 Å². The molecule has 1 aliphatic heterocycles. The van der Waals surface area contributed by atoms with Gasteiger partial charge in [-0.05, 0) is 23.3 Å². The Hall–Kier alpha value is -2.04. The van der Waals surface area contributed by atoms with Crippen LogP contribution >= 0.6 is 0 Å². The minimum absolute atomic E-state index is 0.0421. The van der Waals surface area contributed by atoms with Crippen molar-refractivity contribution in [2.45, 2.75) is 26.4 Å². The van der Waals surface area contributed by atoms with Gasteiger partial charge in [0.15, 0.2) is 0 Å². The van der Waals surface area contributed by atoms with Crippen LogP contribution < -0.4 is 4.74 Å². The number of amides is 1. The number of benzene rings is 1. The number of carboxylic acids is 1. The topological polar surface area (TPSA) is 66.8 Å². The van der Waals surface area contributed by atoms with Crippen LogP contribution in [0.5, 0.6) is 5.75 Å². The highest BCUT2D eigenvalue weighted by atomic mass is 16.5. The number of ether oxygens (including phenoxy) is 1. The summed E-state index contributed by atoms with van der Waals surface area (Å²) in [5.74, 6) is -0.936. The molecule has 0 saturated heterocycles. The molecule has 0 aromatic heterocycles. The highest BCUT2D eigenvalue weighted by Gasteiger charge is 2.26. The van der Waals surface area contributed by atoms with E-state index in [1.807, 2.05) is 18.2 Å². The number of rotatable bonds is 4. The fraction of sp³-hybridized carbons (Fsp3) is 0.429. The predicted molar refractivity (Wildman–Crippen MR) is 68.7 cm³/mol. The van der Waals surface area contributed by atoms with Gasteiger partial charge in [-0.15, -0.1) is 0 Å². The molecule has 1 amide bonds. The van der Waals surface area contributed by atoms with Gasteiger partial charge < -0.3 is 14.7 Å². The molecule has 0 fully saturated rings. The van der Waals surface area contributed by atoms with Crippen molar-refractivity contribution in [3.05, 3.63) is 29.3 Å². The second-order valence-electron chi connectivity index (χ2n) is 4.83. The summed E-state index contributed by atoms with van der Waals surface area (Å²) >= 11 is 0.